The molecule has 4 heteroatoms. The summed E-state index contributed by atoms with van der Waals surface area (Å²) in [7, 11) is 0. The number of nitrogens with two attached hydrogens (primary N) is 2. The molecule has 0 aliphatic rings. The fourth-order valence-corrected chi connectivity index (χ4v) is 2.00. The highest BCUT2D eigenvalue weighted by atomic mass is 16.1. The normalized spacial score (nSPS) is 12.2. The van der Waals surface area contributed by atoms with Gasteiger partial charge in [-0.15, -0.1) is 0 Å². The third-order valence-corrected chi connectivity index (χ3v) is 3.26. The van der Waals surface area contributed by atoms with E-state index in [-0.39, 0.29) is 0 Å². The summed E-state index contributed by atoms with van der Waals surface area (Å²) in [6.45, 7) is 8.08. The van der Waals surface area contributed by atoms with Gasteiger partial charge in [0.15, 0.2) is 0 Å². The molecule has 18 heavy (non-hydrogen) atoms. The molecular weight excluding hydrogens is 226 g/mol. The average Bonchev–Trinajstić information content (AvgIpc) is 2.35. The molecule has 1 rings (SSSR count). The third-order valence-electron chi connectivity index (χ3n) is 3.26. The van der Waals surface area contributed by atoms with Gasteiger partial charge in [0.2, 0.25) is 0 Å². The van der Waals surface area contributed by atoms with Crippen LogP contribution in [0.5, 0.6) is 0 Å². The molecule has 1 unspecified atom stereocenters. The number of rotatable bonds is 6. The number of para-hydroxylation sites is 1. The van der Waals surface area contributed by atoms with Crippen LogP contribution in [0.4, 0.5) is 11.4 Å². The number of carbonyl (C=O) groups is 1. The molecule has 1 aromatic rings. The highest BCUT2D eigenvalue weighted by molar-refractivity contribution is 6.01. The van der Waals surface area contributed by atoms with Crippen LogP contribution in [-0.4, -0.2) is 19.0 Å². The Morgan fingerprint density at radius 2 is 2.06 bits per heavy atom. The maximum atomic E-state index is 11.5. The minimum atomic E-state index is -0.431. The predicted octanol–water partition coefficient (Wildman–Crippen LogP) is 2.24. The Bertz CT molecular complexity index is 418. The molecule has 0 saturated carbocycles. The van der Waals surface area contributed by atoms with Gasteiger partial charge < -0.3 is 16.4 Å². The van der Waals surface area contributed by atoms with E-state index in [1.165, 1.54) is 0 Å². The van der Waals surface area contributed by atoms with Crippen LogP contribution in [0.3, 0.4) is 0 Å². The van der Waals surface area contributed by atoms with E-state index in [4.69, 9.17) is 11.5 Å². The molecule has 0 aliphatic carbocycles. The molecule has 0 fully saturated rings. The van der Waals surface area contributed by atoms with Gasteiger partial charge in [0, 0.05) is 13.1 Å². The molecule has 0 aliphatic heterocycles. The van der Waals surface area contributed by atoms with E-state index in [9.17, 15) is 4.79 Å². The molecule has 0 bridgehead atoms. The quantitative estimate of drug-likeness (QED) is 0.759. The lowest BCUT2D eigenvalue weighted by Crippen LogP contribution is -2.31. The highest BCUT2D eigenvalue weighted by Gasteiger charge is 2.17. The third kappa shape index (κ3) is 3.15. The summed E-state index contributed by atoms with van der Waals surface area (Å²) in [6.07, 6.45) is 1.09. The Kier molecular flexibility index (Phi) is 5.01. The molecule has 0 aromatic heterocycles. The number of amides is 1. The van der Waals surface area contributed by atoms with Gasteiger partial charge in [0.25, 0.3) is 5.91 Å². The Hall–Kier alpha value is -1.71. The van der Waals surface area contributed by atoms with E-state index in [1.807, 2.05) is 0 Å². The summed E-state index contributed by atoms with van der Waals surface area (Å²) in [4.78, 5) is 13.6. The maximum absolute atomic E-state index is 11.5. The second-order valence-corrected chi connectivity index (χ2v) is 4.66. The van der Waals surface area contributed by atoms with Crippen molar-refractivity contribution in [2.75, 3.05) is 23.7 Å². The van der Waals surface area contributed by atoms with Crippen LogP contribution in [0.1, 0.15) is 37.6 Å². The molecule has 4 nitrogen and oxygen atoms in total. The molecule has 0 radical (unpaired) electrons. The Labute approximate surface area is 109 Å². The number of hydrogen-bond donors (Lipinski definition) is 2. The summed E-state index contributed by atoms with van der Waals surface area (Å²) < 4.78 is 0. The SMILES string of the molecule is CCC(C)CN(CC)c1c(N)cccc1C(N)=O. The smallest absolute Gasteiger partial charge is 0.250 e. The fourth-order valence-electron chi connectivity index (χ4n) is 2.00. The van der Waals surface area contributed by atoms with Crippen molar-refractivity contribution >= 4 is 17.3 Å². The minimum absolute atomic E-state index is 0.431. The number of nitrogen functional groups attached to an aromatic ring is 1. The van der Waals surface area contributed by atoms with E-state index < -0.39 is 5.91 Å². The summed E-state index contributed by atoms with van der Waals surface area (Å²) in [5.41, 5.74) is 13.3. The van der Waals surface area contributed by atoms with Crippen molar-refractivity contribution in [3.05, 3.63) is 23.8 Å². The summed E-state index contributed by atoms with van der Waals surface area (Å²) in [5.74, 6) is 0.116. The van der Waals surface area contributed by atoms with Crippen LogP contribution in [0.2, 0.25) is 0 Å². The monoisotopic (exact) mass is 249 g/mol. The topological polar surface area (TPSA) is 72.3 Å². The summed E-state index contributed by atoms with van der Waals surface area (Å²) in [6, 6.07) is 5.30. The zero-order valence-electron chi connectivity index (χ0n) is 11.4. The van der Waals surface area contributed by atoms with E-state index in [2.05, 4.69) is 25.7 Å². The van der Waals surface area contributed by atoms with Crippen LogP contribution in [0.15, 0.2) is 18.2 Å². The lowest BCUT2D eigenvalue weighted by molar-refractivity contribution is 0.100. The zero-order valence-corrected chi connectivity index (χ0v) is 11.4. The lowest BCUT2D eigenvalue weighted by atomic mass is 10.1. The van der Waals surface area contributed by atoms with Crippen molar-refractivity contribution < 1.29 is 4.79 Å². The first kappa shape index (κ1) is 14.4. The number of anilines is 2. The Morgan fingerprint density at radius 1 is 1.39 bits per heavy atom. The van der Waals surface area contributed by atoms with Crippen LogP contribution in [-0.2, 0) is 0 Å². The molecule has 100 valence electrons. The zero-order chi connectivity index (χ0) is 13.7. The van der Waals surface area contributed by atoms with Crippen molar-refractivity contribution in [3.63, 3.8) is 0 Å². The maximum Gasteiger partial charge on any atom is 0.250 e. The van der Waals surface area contributed by atoms with Gasteiger partial charge in [-0.3, -0.25) is 4.79 Å². The first-order valence-corrected chi connectivity index (χ1v) is 6.44. The van der Waals surface area contributed by atoms with Crippen molar-refractivity contribution in [1.82, 2.24) is 0 Å². The van der Waals surface area contributed by atoms with E-state index in [0.29, 0.717) is 17.2 Å². The van der Waals surface area contributed by atoms with Gasteiger partial charge in [0.1, 0.15) is 0 Å². The largest absolute Gasteiger partial charge is 0.397 e. The standard InChI is InChI=1S/C14H23N3O/c1-4-10(3)9-17(5-2)13-11(14(16)18)7-6-8-12(13)15/h6-8,10H,4-5,9,15H2,1-3H3,(H2,16,18). The number of hydrogen-bond acceptors (Lipinski definition) is 3. The summed E-state index contributed by atoms with van der Waals surface area (Å²) >= 11 is 0. The number of benzene rings is 1. The van der Waals surface area contributed by atoms with Crippen LogP contribution in [0.25, 0.3) is 0 Å². The lowest BCUT2D eigenvalue weighted by Gasteiger charge is -2.28. The van der Waals surface area contributed by atoms with Crippen molar-refractivity contribution in [2.45, 2.75) is 27.2 Å². The van der Waals surface area contributed by atoms with Gasteiger partial charge >= 0.3 is 0 Å². The fraction of sp³-hybridized carbons (Fsp3) is 0.500. The van der Waals surface area contributed by atoms with Crippen molar-refractivity contribution in [1.29, 1.82) is 0 Å². The second kappa shape index (κ2) is 6.28. The van der Waals surface area contributed by atoms with Crippen LogP contribution < -0.4 is 16.4 Å². The van der Waals surface area contributed by atoms with Gasteiger partial charge in [-0.05, 0) is 25.0 Å². The average molecular weight is 249 g/mol. The van der Waals surface area contributed by atoms with E-state index in [1.54, 1.807) is 18.2 Å². The van der Waals surface area contributed by atoms with E-state index in [0.717, 1.165) is 25.2 Å². The molecule has 1 aromatic carbocycles. The van der Waals surface area contributed by atoms with Gasteiger partial charge in [-0.2, -0.15) is 0 Å². The Balaban J connectivity index is 3.15. The van der Waals surface area contributed by atoms with Gasteiger partial charge in [0.05, 0.1) is 16.9 Å². The van der Waals surface area contributed by atoms with E-state index >= 15 is 0 Å². The molecule has 0 heterocycles. The second-order valence-electron chi connectivity index (χ2n) is 4.66. The predicted molar refractivity (Wildman–Crippen MR) is 76.7 cm³/mol. The van der Waals surface area contributed by atoms with Gasteiger partial charge in [-0.25, -0.2) is 0 Å². The molecule has 1 amide bonds. The number of primary amides is 1. The van der Waals surface area contributed by atoms with Crippen LogP contribution in [0, 0.1) is 5.92 Å². The highest BCUT2D eigenvalue weighted by Crippen LogP contribution is 2.28. The van der Waals surface area contributed by atoms with Crippen LogP contribution >= 0.6 is 0 Å². The minimum Gasteiger partial charge on any atom is -0.397 e. The molecular formula is C14H23N3O. The molecule has 1 atom stereocenters. The van der Waals surface area contributed by atoms with Crippen molar-refractivity contribution in [2.24, 2.45) is 11.7 Å². The first-order chi connectivity index (χ1) is 8.51. The number of carbonyl (C=O) groups excluding carboxylic acids is 1. The molecule has 4 N–H and O–H groups in total. The first-order valence-electron chi connectivity index (χ1n) is 6.44. The molecule has 0 saturated heterocycles. The van der Waals surface area contributed by atoms with Gasteiger partial charge in [-0.1, -0.05) is 26.3 Å². The number of nitrogens with zero attached hydrogens (tertiary/aromatic N) is 1. The molecule has 0 spiro atoms. The summed E-state index contributed by atoms with van der Waals surface area (Å²) in [5, 5.41) is 0. The Morgan fingerprint density at radius 3 is 2.56 bits per heavy atom. The van der Waals surface area contributed by atoms with Crippen molar-refractivity contribution in [3.8, 4) is 0 Å².